The summed E-state index contributed by atoms with van der Waals surface area (Å²) in [7, 11) is 0. The highest BCUT2D eigenvalue weighted by Crippen LogP contribution is 2.35. The first-order valence-corrected chi connectivity index (χ1v) is 9.12. The van der Waals surface area contributed by atoms with E-state index in [2.05, 4.69) is 26.5 Å². The number of carbonyl (C=O) groups is 1. The Bertz CT molecular complexity index is 885. The number of amides is 1. The van der Waals surface area contributed by atoms with Crippen molar-refractivity contribution < 1.29 is 4.79 Å². The van der Waals surface area contributed by atoms with Crippen LogP contribution < -0.4 is 5.43 Å². The maximum Gasteiger partial charge on any atom is 0.283 e. The van der Waals surface area contributed by atoms with E-state index in [9.17, 15) is 4.79 Å². The first kappa shape index (κ1) is 15.7. The van der Waals surface area contributed by atoms with Gasteiger partial charge in [-0.1, -0.05) is 23.7 Å². The molecule has 0 aliphatic carbocycles. The molecule has 22 heavy (non-hydrogen) atoms. The zero-order valence-electron chi connectivity index (χ0n) is 11.4. The summed E-state index contributed by atoms with van der Waals surface area (Å²) in [6, 6.07) is 9.79. The second-order valence-corrected chi connectivity index (χ2v) is 8.51. The number of carbonyl (C=O) groups excluding carboxylic acids is 1. The molecular weight excluding hydrogens is 404 g/mol. The number of hydrogen-bond donors (Lipinski definition) is 1. The standard InChI is InChI=1S/C15H10BrClN2OS2/c1-8-2-4-10-11(6-8)22-14(13(10)17)15(20)19-18-7-9-3-5-12(16)21-9/h2-7H,1H3,(H,19,20). The van der Waals surface area contributed by atoms with E-state index in [0.29, 0.717) is 9.90 Å². The summed E-state index contributed by atoms with van der Waals surface area (Å²) in [4.78, 5) is 13.6. The molecular formula is C15H10BrClN2OS2. The van der Waals surface area contributed by atoms with Crippen molar-refractivity contribution in [2.24, 2.45) is 5.10 Å². The molecule has 3 nitrogen and oxygen atoms in total. The zero-order chi connectivity index (χ0) is 15.7. The predicted octanol–water partition coefficient (Wildman–Crippen LogP) is 5.45. The lowest BCUT2D eigenvalue weighted by atomic mass is 10.2. The monoisotopic (exact) mass is 412 g/mol. The van der Waals surface area contributed by atoms with Gasteiger partial charge in [0.2, 0.25) is 0 Å². The third-order valence-electron chi connectivity index (χ3n) is 2.94. The molecule has 0 saturated carbocycles. The highest BCUT2D eigenvalue weighted by atomic mass is 79.9. The van der Waals surface area contributed by atoms with E-state index in [1.54, 1.807) is 6.21 Å². The third kappa shape index (κ3) is 3.25. The van der Waals surface area contributed by atoms with E-state index in [4.69, 9.17) is 11.6 Å². The van der Waals surface area contributed by atoms with Gasteiger partial charge in [-0.05, 0) is 46.6 Å². The lowest BCUT2D eigenvalue weighted by molar-refractivity contribution is 0.0959. The van der Waals surface area contributed by atoms with E-state index in [-0.39, 0.29) is 5.91 Å². The van der Waals surface area contributed by atoms with Crippen LogP contribution in [0.3, 0.4) is 0 Å². The molecule has 2 heterocycles. The summed E-state index contributed by atoms with van der Waals surface area (Å²) >= 11 is 12.6. The van der Waals surface area contributed by atoms with Gasteiger partial charge in [0.25, 0.3) is 5.91 Å². The van der Waals surface area contributed by atoms with E-state index >= 15 is 0 Å². The average Bonchev–Trinajstić information content (AvgIpc) is 3.03. The Morgan fingerprint density at radius 2 is 2.14 bits per heavy atom. The van der Waals surface area contributed by atoms with Crippen LogP contribution in [0.15, 0.2) is 39.2 Å². The Hall–Kier alpha value is -1.21. The zero-order valence-corrected chi connectivity index (χ0v) is 15.4. The van der Waals surface area contributed by atoms with Crippen LogP contribution in [0.1, 0.15) is 20.1 Å². The van der Waals surface area contributed by atoms with Gasteiger partial charge in [0.15, 0.2) is 0 Å². The number of aryl methyl sites for hydroxylation is 1. The number of hydrogen-bond acceptors (Lipinski definition) is 4. The van der Waals surface area contributed by atoms with Crippen LogP contribution in [0.2, 0.25) is 5.02 Å². The van der Waals surface area contributed by atoms with Crippen LogP contribution in [-0.4, -0.2) is 12.1 Å². The number of benzene rings is 1. The number of halogens is 2. The summed E-state index contributed by atoms with van der Waals surface area (Å²) in [6.07, 6.45) is 1.61. The summed E-state index contributed by atoms with van der Waals surface area (Å²) < 4.78 is 2.02. The molecule has 7 heteroatoms. The minimum atomic E-state index is -0.296. The van der Waals surface area contributed by atoms with Crippen LogP contribution in [0.5, 0.6) is 0 Å². The fraction of sp³-hybridized carbons (Fsp3) is 0.0667. The van der Waals surface area contributed by atoms with Crippen molar-refractivity contribution in [2.75, 3.05) is 0 Å². The molecule has 0 fully saturated rings. The Morgan fingerprint density at radius 1 is 1.32 bits per heavy atom. The maximum absolute atomic E-state index is 12.2. The van der Waals surface area contributed by atoms with Crippen LogP contribution >= 0.6 is 50.2 Å². The van der Waals surface area contributed by atoms with E-state index in [0.717, 1.165) is 24.3 Å². The lowest BCUT2D eigenvalue weighted by Gasteiger charge is -1.96. The minimum absolute atomic E-state index is 0.296. The van der Waals surface area contributed by atoms with Crippen molar-refractivity contribution >= 4 is 72.4 Å². The largest absolute Gasteiger partial charge is 0.283 e. The van der Waals surface area contributed by atoms with Crippen molar-refractivity contribution in [1.82, 2.24) is 5.43 Å². The van der Waals surface area contributed by atoms with E-state index in [1.165, 1.54) is 22.7 Å². The smallest absolute Gasteiger partial charge is 0.266 e. The Balaban J connectivity index is 1.80. The van der Waals surface area contributed by atoms with Crippen LogP contribution in [0, 0.1) is 6.92 Å². The Labute approximate surface area is 148 Å². The molecule has 3 aromatic rings. The second-order valence-electron chi connectivity index (χ2n) is 4.59. The van der Waals surface area contributed by atoms with Crippen LogP contribution in [-0.2, 0) is 0 Å². The molecule has 1 N–H and O–H groups in total. The van der Waals surface area contributed by atoms with Gasteiger partial charge < -0.3 is 0 Å². The molecule has 0 aliphatic heterocycles. The van der Waals surface area contributed by atoms with Crippen molar-refractivity contribution in [1.29, 1.82) is 0 Å². The lowest BCUT2D eigenvalue weighted by Crippen LogP contribution is -2.16. The summed E-state index contributed by atoms with van der Waals surface area (Å²) in [5.74, 6) is -0.296. The summed E-state index contributed by atoms with van der Waals surface area (Å²) in [6.45, 7) is 2.01. The normalized spacial score (nSPS) is 11.4. The number of nitrogens with one attached hydrogen (secondary N) is 1. The molecule has 0 saturated heterocycles. The van der Waals surface area contributed by atoms with Gasteiger partial charge in [0.05, 0.1) is 15.0 Å². The van der Waals surface area contributed by atoms with Crippen molar-refractivity contribution in [3.63, 3.8) is 0 Å². The van der Waals surface area contributed by atoms with Crippen molar-refractivity contribution in [3.05, 3.63) is 54.5 Å². The van der Waals surface area contributed by atoms with Gasteiger partial charge in [0, 0.05) is 15.0 Å². The Morgan fingerprint density at radius 3 is 2.86 bits per heavy atom. The molecule has 2 aromatic heterocycles. The number of rotatable bonds is 3. The van der Waals surface area contributed by atoms with Gasteiger partial charge in [0.1, 0.15) is 4.88 Å². The van der Waals surface area contributed by atoms with Gasteiger partial charge in [-0.3, -0.25) is 4.79 Å². The Kier molecular flexibility index (Phi) is 4.63. The SMILES string of the molecule is Cc1ccc2c(Cl)c(C(=O)NN=Cc3ccc(Br)s3)sc2c1. The van der Waals surface area contributed by atoms with Gasteiger partial charge in [-0.25, -0.2) is 5.43 Å². The number of hydrazone groups is 1. The highest BCUT2D eigenvalue weighted by molar-refractivity contribution is 9.11. The van der Waals surface area contributed by atoms with Gasteiger partial charge in [-0.2, -0.15) is 5.10 Å². The quantitative estimate of drug-likeness (QED) is 0.450. The van der Waals surface area contributed by atoms with Gasteiger partial charge >= 0.3 is 0 Å². The van der Waals surface area contributed by atoms with E-state index < -0.39 is 0 Å². The van der Waals surface area contributed by atoms with Crippen molar-refractivity contribution in [3.8, 4) is 0 Å². The number of thiophene rings is 2. The van der Waals surface area contributed by atoms with E-state index in [1.807, 2.05) is 37.3 Å². The third-order valence-corrected chi connectivity index (χ3v) is 6.16. The summed E-state index contributed by atoms with van der Waals surface area (Å²) in [5.41, 5.74) is 3.66. The number of fused-ring (bicyclic) bond motifs is 1. The highest BCUT2D eigenvalue weighted by Gasteiger charge is 2.16. The van der Waals surface area contributed by atoms with Gasteiger partial charge in [-0.15, -0.1) is 22.7 Å². The molecule has 0 radical (unpaired) electrons. The fourth-order valence-corrected chi connectivity index (χ4v) is 4.72. The first-order valence-electron chi connectivity index (χ1n) is 6.32. The van der Waals surface area contributed by atoms with Crippen molar-refractivity contribution in [2.45, 2.75) is 6.92 Å². The average molecular weight is 414 g/mol. The molecule has 1 aromatic carbocycles. The predicted molar refractivity (Wildman–Crippen MR) is 98.7 cm³/mol. The molecule has 0 atom stereocenters. The topological polar surface area (TPSA) is 41.5 Å². The molecule has 0 unspecified atom stereocenters. The first-order chi connectivity index (χ1) is 10.5. The molecule has 0 spiro atoms. The summed E-state index contributed by atoms with van der Waals surface area (Å²) in [5, 5.41) is 5.35. The fourth-order valence-electron chi connectivity index (χ4n) is 1.92. The molecule has 112 valence electrons. The molecule has 3 rings (SSSR count). The molecule has 1 amide bonds. The second kappa shape index (κ2) is 6.50. The van der Waals surface area contributed by atoms with Crippen LogP contribution in [0.25, 0.3) is 10.1 Å². The molecule has 0 aliphatic rings. The van der Waals surface area contributed by atoms with Crippen LogP contribution in [0.4, 0.5) is 0 Å². The minimum Gasteiger partial charge on any atom is -0.266 e. The number of nitrogens with zero attached hydrogens (tertiary/aromatic N) is 1. The maximum atomic E-state index is 12.2. The molecule has 0 bridgehead atoms.